The number of hydrogen-bond donors (Lipinski definition) is 0. The minimum absolute atomic E-state index is 0.0448. The minimum atomic E-state index is -1.01. The van der Waals surface area contributed by atoms with E-state index in [-0.39, 0.29) is 132 Å². The zero-order valence-corrected chi connectivity index (χ0v) is 72.0. The molecule has 7 aromatic heterocycles. The van der Waals surface area contributed by atoms with Crippen LogP contribution < -0.4 is 26.2 Å². The summed E-state index contributed by atoms with van der Waals surface area (Å²) in [5.74, 6) is 0. The predicted molar refractivity (Wildman–Crippen MR) is 542 cm³/mol. The highest BCUT2D eigenvalue weighted by Gasteiger charge is 2.46. The molecule has 0 bridgehead atoms. The Morgan fingerprint density at radius 1 is 0.219 bits per heavy atom. The highest BCUT2D eigenvalue weighted by Crippen LogP contribution is 2.54. The topological polar surface area (TPSA) is 57.4 Å². The van der Waals surface area contributed by atoms with Crippen LogP contribution in [0.1, 0.15) is 138 Å². The summed E-state index contributed by atoms with van der Waals surface area (Å²) in [5, 5.41) is 5.02. The Morgan fingerprint density at radius 3 is 0.797 bits per heavy atom. The van der Waals surface area contributed by atoms with Crippen molar-refractivity contribution in [2.75, 3.05) is 9.80 Å². The average Bonchev–Trinajstić information content (AvgIpc) is 1.24. The summed E-state index contributed by atoms with van der Waals surface area (Å²) in [6.07, 6.45) is 0. The number of furan rings is 2. The SMILES string of the molecule is [2H]c1c([2H])c([2H])c2c(c1[2H])c1c([2H])c([2H])c([2H])c([2H])c1n2-c1ccc2c(c1)N(c1cccc3c1oc1c(-n4c5c([2H])c([2H])c([2H])c([2H])c5c5c([2H])c([2H])c([2H])c([2H])c54)cccc13)c1cc(-n3c4c([2H])c([2H])c([2H])c([2H])c4c4c([2H])c([2H])c([2H])c([2H])c43)cc3c1B2c1ccc(-n2c4ccc(C(C)(C)C)cc4c4cc(C(C)(C)C)ccc42)cc1N3c1cccc2c1oc1c(-n3c4ccc(C(C)(C)C)cc4c4cc(C(C)(C)C)ccc43)cccc12. The highest BCUT2D eigenvalue weighted by molar-refractivity contribution is 7.00. The normalized spacial score (nSPS) is 16.0. The third-order valence-corrected chi connectivity index (χ3v) is 26.8. The van der Waals surface area contributed by atoms with Gasteiger partial charge in [-0.15, -0.1) is 0 Å². The Kier molecular flexibility index (Phi) is 11.1. The lowest BCUT2D eigenvalue weighted by atomic mass is 9.33. The molecule has 0 aliphatic carbocycles. The highest BCUT2D eigenvalue weighted by atomic mass is 16.3. The Bertz CT molecular complexity index is 10200. The van der Waals surface area contributed by atoms with Crippen molar-refractivity contribution in [2.45, 2.75) is 105 Å². The number of rotatable bonds is 7. The Hall–Kier alpha value is -15.0. The zero-order chi connectivity index (χ0) is 107. The van der Waals surface area contributed by atoms with Crippen LogP contribution >= 0.6 is 0 Å². The van der Waals surface area contributed by atoms with Gasteiger partial charge in [-0.05, 0) is 206 Å². The summed E-state index contributed by atoms with van der Waals surface area (Å²) >= 11 is 0. The number of aromatic nitrogens is 5. The van der Waals surface area contributed by atoms with Crippen molar-refractivity contribution in [3.05, 3.63) is 361 Å². The fourth-order valence-corrected chi connectivity index (χ4v) is 20.6. The largest absolute Gasteiger partial charge is 0.452 e. The van der Waals surface area contributed by atoms with Gasteiger partial charge in [0.1, 0.15) is 0 Å². The van der Waals surface area contributed by atoms with Gasteiger partial charge < -0.3 is 41.5 Å². The first-order valence-electron chi connectivity index (χ1n) is 55.2. The van der Waals surface area contributed by atoms with Crippen molar-refractivity contribution in [2.24, 2.45) is 0 Å². The average molecular weight is 1680 g/mol. The lowest BCUT2D eigenvalue weighted by molar-refractivity contribution is 0.590. The van der Waals surface area contributed by atoms with Crippen molar-refractivity contribution in [3.63, 3.8) is 0 Å². The maximum absolute atomic E-state index is 10.4. The summed E-state index contributed by atoms with van der Waals surface area (Å²) in [4.78, 5) is 4.03. The molecular weight excluding hydrogens is 1560 g/mol. The molecule has 0 radical (unpaired) electrons. The van der Waals surface area contributed by atoms with Gasteiger partial charge in [0.15, 0.2) is 22.3 Å². The molecule has 9 heterocycles. The maximum atomic E-state index is 10.4. The first-order chi connectivity index (χ1) is 72.0. The molecule has 0 saturated carbocycles. The summed E-state index contributed by atoms with van der Waals surface area (Å²) < 4.78 is 256. The van der Waals surface area contributed by atoms with E-state index >= 15 is 0 Å². The van der Waals surface area contributed by atoms with E-state index in [1.807, 2.05) is 47.4 Å². The molecule has 0 N–H and O–H groups in total. The van der Waals surface area contributed by atoms with Gasteiger partial charge in [0.25, 0.3) is 6.71 Å². The monoisotopic (exact) mass is 1670 g/mol. The van der Waals surface area contributed by atoms with E-state index in [9.17, 15) is 30.2 Å². The van der Waals surface area contributed by atoms with Gasteiger partial charge in [-0.1, -0.05) is 277 Å². The third-order valence-electron chi connectivity index (χ3n) is 26.8. The molecule has 9 nitrogen and oxygen atoms in total. The molecule has 614 valence electrons. The summed E-state index contributed by atoms with van der Waals surface area (Å²) in [7, 11) is 0. The van der Waals surface area contributed by atoms with Crippen LogP contribution in [0.3, 0.4) is 0 Å². The quantitative estimate of drug-likeness (QED) is 0.149. The minimum Gasteiger partial charge on any atom is -0.452 e. The molecule has 2 aliphatic rings. The molecule has 0 amide bonds. The van der Waals surface area contributed by atoms with Gasteiger partial charge in [0.2, 0.25) is 0 Å². The van der Waals surface area contributed by atoms with Crippen molar-refractivity contribution >= 4 is 210 Å². The lowest BCUT2D eigenvalue weighted by Gasteiger charge is -2.44. The molecule has 26 rings (SSSR count). The number of hydrogen-bond acceptors (Lipinski definition) is 4. The van der Waals surface area contributed by atoms with E-state index in [1.165, 1.54) is 13.7 Å². The molecule has 0 atom stereocenters. The lowest BCUT2D eigenvalue weighted by Crippen LogP contribution is -2.61. The van der Waals surface area contributed by atoms with E-state index in [2.05, 4.69) is 194 Å². The molecule has 0 spiro atoms. The number of para-hydroxylation sites is 10. The molecule has 128 heavy (non-hydrogen) atoms. The number of fused-ring (bicyclic) bond motifs is 25. The van der Waals surface area contributed by atoms with Crippen molar-refractivity contribution in [3.8, 4) is 28.4 Å². The van der Waals surface area contributed by atoms with Gasteiger partial charge in [-0.25, -0.2) is 0 Å². The summed E-state index contributed by atoms with van der Waals surface area (Å²) in [6, 6.07) is 49.4. The summed E-state index contributed by atoms with van der Waals surface area (Å²) in [6.45, 7) is 25.4. The van der Waals surface area contributed by atoms with Gasteiger partial charge in [0, 0.05) is 110 Å². The van der Waals surface area contributed by atoms with E-state index in [4.69, 9.17) is 11.6 Å². The van der Waals surface area contributed by atoms with E-state index < -0.39 is 152 Å². The van der Waals surface area contributed by atoms with Crippen LogP contribution in [-0.2, 0) is 21.7 Å². The fourth-order valence-electron chi connectivity index (χ4n) is 20.6. The smallest absolute Gasteiger partial charge is 0.252 e. The third kappa shape index (κ3) is 10.5. The van der Waals surface area contributed by atoms with Crippen molar-refractivity contribution in [1.82, 2.24) is 22.8 Å². The molecule has 10 heteroatoms. The first kappa shape index (κ1) is 54.0. The fraction of sp³-hybridized carbons (Fsp3) is 0.136. The van der Waals surface area contributed by atoms with Gasteiger partial charge in [-0.3, -0.25) is 0 Å². The van der Waals surface area contributed by atoms with Crippen LogP contribution in [-0.4, -0.2) is 29.5 Å². The van der Waals surface area contributed by atoms with E-state index in [0.717, 1.165) is 76.9 Å². The van der Waals surface area contributed by atoms with Crippen molar-refractivity contribution < 1.29 is 41.7 Å². The second kappa shape index (κ2) is 26.3. The molecule has 0 saturated heterocycles. The molecule has 0 unspecified atom stereocenters. The molecule has 2 aliphatic heterocycles. The van der Waals surface area contributed by atoms with Crippen LogP contribution in [0.2, 0.25) is 0 Å². The molecular formula is C118H92BN7O2. The van der Waals surface area contributed by atoms with Crippen LogP contribution in [0.15, 0.2) is 348 Å². The standard InChI is InChI=1S/C118H92BN7O2/c1-115(2,3)69-49-57-98-86(61-69)87-62-70(116(4,5)6)50-58-99(87)121(98)74-54-56-91-107(66-74)126(105-48-28-38-85-83-36-26-46-103(112(83)128-114(85)105)124-100-59-51-71(117(7,8)9)63-88(100)89-64-72(118(10,11)12)52-60-101(89)124)109-68-75(122-94-41-21-15-31-78(94)79-32-16-22-42-95(79)122)67-108-110(109)119(91)90-55-53-73(120-92-39-19-13-29-76(92)77-30-14-20-40-93(77)120)65-106(90)125(108)104-47-27-37-84-82-35-25-45-102(111(82)127-113(84)104)123-96-43-23-17-33-80(96)81-34-18-24-44-97(81)123/h13-68H,1-12H3/i13D,14D,15D,16D,17D,18D,19D,20D,21D,22D,23D,24D,29D,30D,31D,32D,33D,34D,39D,40D,41D,42D,43D,44D. The number of benzene rings is 17. The maximum Gasteiger partial charge on any atom is 0.252 e. The second-order valence-electron chi connectivity index (χ2n) is 38.3. The van der Waals surface area contributed by atoms with Gasteiger partial charge >= 0.3 is 0 Å². The van der Waals surface area contributed by atoms with Crippen molar-refractivity contribution in [1.29, 1.82) is 0 Å². The predicted octanol–water partition coefficient (Wildman–Crippen LogP) is 30.2. The molecule has 17 aromatic carbocycles. The molecule has 0 fully saturated rings. The summed E-state index contributed by atoms with van der Waals surface area (Å²) in [5.41, 5.74) is 12.3. The van der Waals surface area contributed by atoms with Gasteiger partial charge in [0.05, 0.1) is 117 Å². The second-order valence-corrected chi connectivity index (χ2v) is 38.3. The van der Waals surface area contributed by atoms with Crippen LogP contribution in [0.25, 0.3) is 181 Å². The number of anilines is 6. The van der Waals surface area contributed by atoms with Gasteiger partial charge in [-0.2, -0.15) is 0 Å². The first-order valence-corrected chi connectivity index (χ1v) is 43.2. The Balaban J connectivity index is 0.853. The molecule has 24 aromatic rings. The zero-order valence-electron chi connectivity index (χ0n) is 96.0. The van der Waals surface area contributed by atoms with Crippen LogP contribution in [0, 0.1) is 0 Å². The van der Waals surface area contributed by atoms with Crippen LogP contribution in [0.4, 0.5) is 34.1 Å². The van der Waals surface area contributed by atoms with Crippen LogP contribution in [0.5, 0.6) is 0 Å². The number of nitrogens with zero attached hydrogens (tertiary/aromatic N) is 7. The Labute approximate surface area is 775 Å². The van der Waals surface area contributed by atoms with E-state index in [1.54, 1.807) is 54.6 Å². The Morgan fingerprint density at radius 2 is 0.477 bits per heavy atom. The van der Waals surface area contributed by atoms with E-state index in [0.29, 0.717) is 66.5 Å².